The van der Waals surface area contributed by atoms with E-state index in [2.05, 4.69) is 13.8 Å². The third-order valence-corrected chi connectivity index (χ3v) is 4.24. The van der Waals surface area contributed by atoms with E-state index in [1.165, 1.54) is 77.0 Å². The van der Waals surface area contributed by atoms with Gasteiger partial charge in [-0.2, -0.15) is 0 Å². The molecule has 0 aromatic heterocycles. The Morgan fingerprint density at radius 2 is 1.60 bits per heavy atom. The topological polar surface area (TPSA) is 18.5 Å². The number of hydrogen-bond donors (Lipinski definition) is 0. The molecule has 0 N–H and O–H groups in total. The average Bonchev–Trinajstić information content (AvgIpc) is 2.46. The highest BCUT2D eigenvalue weighted by Crippen LogP contribution is 2.18. The number of ether oxygens (including phenoxy) is 2. The van der Waals surface area contributed by atoms with Crippen molar-refractivity contribution in [1.82, 2.24) is 0 Å². The maximum atomic E-state index is 5.94. The lowest BCUT2D eigenvalue weighted by Gasteiger charge is -2.26. The molecule has 2 heteroatoms. The molecule has 0 bridgehead atoms. The van der Waals surface area contributed by atoms with Crippen molar-refractivity contribution >= 4 is 0 Å². The highest BCUT2D eigenvalue weighted by Gasteiger charge is 2.16. The molecule has 0 aromatic carbocycles. The summed E-state index contributed by atoms with van der Waals surface area (Å²) in [5, 5.41) is 0. The highest BCUT2D eigenvalue weighted by molar-refractivity contribution is 4.58. The van der Waals surface area contributed by atoms with Crippen LogP contribution < -0.4 is 0 Å². The van der Waals surface area contributed by atoms with Crippen LogP contribution in [0.5, 0.6) is 0 Å². The molecule has 2 nitrogen and oxygen atoms in total. The van der Waals surface area contributed by atoms with Gasteiger partial charge in [0.25, 0.3) is 0 Å². The zero-order chi connectivity index (χ0) is 14.5. The molecule has 1 unspecified atom stereocenters. The van der Waals surface area contributed by atoms with Gasteiger partial charge in [-0.05, 0) is 32.6 Å². The standard InChI is InChI=1S/C18H36O2/c1-3-4-5-6-7-8-9-10-11-14-17(2)20-18-15-12-13-16-19-18/h17-18H,3-16H2,1-2H3/t17-,18?/m0/s1. The van der Waals surface area contributed by atoms with Crippen LogP contribution in [0.1, 0.15) is 97.3 Å². The zero-order valence-electron chi connectivity index (χ0n) is 13.9. The average molecular weight is 284 g/mol. The third kappa shape index (κ3) is 9.77. The summed E-state index contributed by atoms with van der Waals surface area (Å²) in [6.45, 7) is 5.36. The van der Waals surface area contributed by atoms with E-state index in [4.69, 9.17) is 9.47 Å². The maximum absolute atomic E-state index is 5.94. The first kappa shape index (κ1) is 18.0. The minimum Gasteiger partial charge on any atom is -0.353 e. The van der Waals surface area contributed by atoms with Crippen molar-refractivity contribution in [3.63, 3.8) is 0 Å². The van der Waals surface area contributed by atoms with Crippen LogP contribution in [0.25, 0.3) is 0 Å². The molecule has 0 spiro atoms. The monoisotopic (exact) mass is 284 g/mol. The molecule has 0 aliphatic carbocycles. The van der Waals surface area contributed by atoms with Crippen LogP contribution in [0.15, 0.2) is 0 Å². The smallest absolute Gasteiger partial charge is 0.157 e. The quantitative estimate of drug-likeness (QED) is 0.419. The Morgan fingerprint density at radius 1 is 0.950 bits per heavy atom. The molecule has 1 aliphatic heterocycles. The molecule has 2 atom stereocenters. The summed E-state index contributed by atoms with van der Waals surface area (Å²) in [5.41, 5.74) is 0. The van der Waals surface area contributed by atoms with Crippen LogP contribution >= 0.6 is 0 Å². The van der Waals surface area contributed by atoms with Gasteiger partial charge in [-0.3, -0.25) is 0 Å². The van der Waals surface area contributed by atoms with Gasteiger partial charge in [0.05, 0.1) is 6.10 Å². The lowest BCUT2D eigenvalue weighted by atomic mass is 10.1. The van der Waals surface area contributed by atoms with Crippen molar-refractivity contribution in [2.45, 2.75) is 110 Å². The van der Waals surface area contributed by atoms with E-state index < -0.39 is 0 Å². The molecule has 1 heterocycles. The Hall–Kier alpha value is -0.0800. The van der Waals surface area contributed by atoms with Crippen molar-refractivity contribution < 1.29 is 9.47 Å². The molecule has 1 saturated heterocycles. The van der Waals surface area contributed by atoms with Gasteiger partial charge in [-0.25, -0.2) is 0 Å². The van der Waals surface area contributed by atoms with Gasteiger partial charge in [-0.15, -0.1) is 0 Å². The lowest BCUT2D eigenvalue weighted by molar-refractivity contribution is -0.185. The van der Waals surface area contributed by atoms with Crippen LogP contribution in [0.2, 0.25) is 0 Å². The van der Waals surface area contributed by atoms with Crippen molar-refractivity contribution in [1.29, 1.82) is 0 Å². The fraction of sp³-hybridized carbons (Fsp3) is 1.00. The normalized spacial score (nSPS) is 21.0. The van der Waals surface area contributed by atoms with Gasteiger partial charge >= 0.3 is 0 Å². The Bertz CT molecular complexity index is 200. The molecule has 20 heavy (non-hydrogen) atoms. The van der Waals surface area contributed by atoms with Gasteiger partial charge in [-0.1, -0.05) is 64.7 Å². The van der Waals surface area contributed by atoms with Gasteiger partial charge in [0, 0.05) is 6.61 Å². The molecule has 1 rings (SSSR count). The summed E-state index contributed by atoms with van der Waals surface area (Å²) in [7, 11) is 0. The Kier molecular flexibility index (Phi) is 11.4. The molecular weight excluding hydrogens is 248 g/mol. The second kappa shape index (κ2) is 12.6. The number of rotatable bonds is 12. The summed E-state index contributed by atoms with van der Waals surface area (Å²) in [5.74, 6) is 0. The summed E-state index contributed by atoms with van der Waals surface area (Å²) in [4.78, 5) is 0. The van der Waals surface area contributed by atoms with Gasteiger partial charge in [0.1, 0.15) is 0 Å². The number of hydrogen-bond acceptors (Lipinski definition) is 2. The highest BCUT2D eigenvalue weighted by atomic mass is 16.7. The largest absolute Gasteiger partial charge is 0.353 e. The predicted molar refractivity (Wildman–Crippen MR) is 86.0 cm³/mol. The summed E-state index contributed by atoms with van der Waals surface area (Å²) < 4.78 is 11.6. The van der Waals surface area contributed by atoms with E-state index in [1.54, 1.807) is 0 Å². The van der Waals surface area contributed by atoms with Gasteiger partial charge < -0.3 is 9.47 Å². The minimum absolute atomic E-state index is 0.0808. The molecule has 1 aliphatic rings. The first-order chi connectivity index (χ1) is 9.83. The van der Waals surface area contributed by atoms with Crippen molar-refractivity contribution in [3.05, 3.63) is 0 Å². The molecular formula is C18H36O2. The molecule has 0 radical (unpaired) electrons. The molecule has 1 fully saturated rings. The van der Waals surface area contributed by atoms with Crippen LogP contribution in [-0.2, 0) is 9.47 Å². The summed E-state index contributed by atoms with van der Waals surface area (Å²) in [6, 6.07) is 0. The van der Waals surface area contributed by atoms with Crippen LogP contribution in [0, 0.1) is 0 Å². The number of unbranched alkanes of at least 4 members (excludes halogenated alkanes) is 8. The van der Waals surface area contributed by atoms with Crippen molar-refractivity contribution in [2.75, 3.05) is 6.61 Å². The Balaban J connectivity index is 1.83. The molecule has 120 valence electrons. The minimum atomic E-state index is 0.0808. The Morgan fingerprint density at radius 3 is 2.20 bits per heavy atom. The van der Waals surface area contributed by atoms with E-state index in [-0.39, 0.29) is 6.29 Å². The predicted octanol–water partition coefficient (Wildman–Crippen LogP) is 5.84. The van der Waals surface area contributed by atoms with E-state index in [1.807, 2.05) is 0 Å². The van der Waals surface area contributed by atoms with E-state index in [0.717, 1.165) is 13.0 Å². The lowest BCUT2D eigenvalue weighted by Crippen LogP contribution is -2.26. The summed E-state index contributed by atoms with van der Waals surface area (Å²) >= 11 is 0. The van der Waals surface area contributed by atoms with Crippen molar-refractivity contribution in [2.24, 2.45) is 0 Å². The third-order valence-electron chi connectivity index (χ3n) is 4.24. The summed E-state index contributed by atoms with van der Waals surface area (Å²) in [6.07, 6.45) is 17.7. The van der Waals surface area contributed by atoms with Crippen LogP contribution in [0.4, 0.5) is 0 Å². The van der Waals surface area contributed by atoms with Crippen molar-refractivity contribution in [3.8, 4) is 0 Å². The molecule has 0 aromatic rings. The van der Waals surface area contributed by atoms with Crippen LogP contribution in [0.3, 0.4) is 0 Å². The van der Waals surface area contributed by atoms with Gasteiger partial charge in [0.15, 0.2) is 6.29 Å². The van der Waals surface area contributed by atoms with Crippen LogP contribution in [-0.4, -0.2) is 19.0 Å². The van der Waals surface area contributed by atoms with E-state index >= 15 is 0 Å². The maximum Gasteiger partial charge on any atom is 0.157 e. The van der Waals surface area contributed by atoms with E-state index in [0.29, 0.717) is 6.10 Å². The second-order valence-corrected chi connectivity index (χ2v) is 6.36. The fourth-order valence-electron chi connectivity index (χ4n) is 2.89. The van der Waals surface area contributed by atoms with Gasteiger partial charge in [0.2, 0.25) is 0 Å². The first-order valence-electron chi connectivity index (χ1n) is 9.10. The fourth-order valence-corrected chi connectivity index (χ4v) is 2.89. The molecule has 0 amide bonds. The molecule has 0 saturated carbocycles. The SMILES string of the molecule is CCCCCCCCCCC[C@H](C)OC1CCCCO1. The first-order valence-corrected chi connectivity index (χ1v) is 9.10. The second-order valence-electron chi connectivity index (χ2n) is 6.36. The zero-order valence-corrected chi connectivity index (χ0v) is 13.9. The Labute approximate surface area is 126 Å². The van der Waals surface area contributed by atoms with E-state index in [9.17, 15) is 0 Å².